The van der Waals surface area contributed by atoms with E-state index in [1.807, 2.05) is 4.68 Å². The fourth-order valence-electron chi connectivity index (χ4n) is 5.74. The Bertz CT molecular complexity index is 1160. The Morgan fingerprint density at radius 3 is 2.72 bits per heavy atom. The van der Waals surface area contributed by atoms with Crippen molar-refractivity contribution in [3.63, 3.8) is 0 Å². The van der Waals surface area contributed by atoms with Crippen LogP contribution in [0.4, 0.5) is 11.8 Å². The molecule has 2 saturated heterocycles. The lowest BCUT2D eigenvalue weighted by molar-refractivity contribution is 0.276. The van der Waals surface area contributed by atoms with Gasteiger partial charge in [-0.3, -0.25) is 9.58 Å². The zero-order valence-electron chi connectivity index (χ0n) is 21.3. The highest BCUT2D eigenvalue weighted by molar-refractivity contribution is 5.86. The first-order valence-corrected chi connectivity index (χ1v) is 13.0. The molecule has 194 valence electrons. The van der Waals surface area contributed by atoms with Crippen LogP contribution in [0.1, 0.15) is 37.3 Å². The third-order valence-corrected chi connectivity index (χ3v) is 7.50. The van der Waals surface area contributed by atoms with Crippen LogP contribution in [0, 0.1) is 11.8 Å². The van der Waals surface area contributed by atoms with Gasteiger partial charge in [0.15, 0.2) is 5.82 Å². The van der Waals surface area contributed by atoms with Crippen molar-refractivity contribution in [1.29, 1.82) is 0 Å². The van der Waals surface area contributed by atoms with Gasteiger partial charge < -0.3 is 26.2 Å². The number of aliphatic hydroxyl groups excluding tert-OH is 1. The van der Waals surface area contributed by atoms with E-state index >= 15 is 0 Å². The monoisotopic (exact) mass is 494 g/mol. The first-order valence-electron chi connectivity index (χ1n) is 13.0. The summed E-state index contributed by atoms with van der Waals surface area (Å²) < 4.78 is 7.69. The zero-order valence-corrected chi connectivity index (χ0v) is 21.3. The van der Waals surface area contributed by atoms with Crippen LogP contribution in [0.15, 0.2) is 24.4 Å². The van der Waals surface area contributed by atoms with Crippen LogP contribution < -0.4 is 21.1 Å². The lowest BCUT2D eigenvalue weighted by atomic mass is 10.0. The summed E-state index contributed by atoms with van der Waals surface area (Å²) in [6.07, 6.45) is 4.28. The zero-order chi connectivity index (χ0) is 25.1. The van der Waals surface area contributed by atoms with E-state index in [4.69, 9.17) is 10.5 Å². The molecule has 0 spiro atoms. The molecule has 0 bridgehead atoms. The number of aromatic nitrogens is 4. The molecule has 36 heavy (non-hydrogen) atoms. The molecule has 0 saturated carbocycles. The normalized spacial score (nSPS) is 20.6. The molecule has 5 N–H and O–H groups in total. The van der Waals surface area contributed by atoms with Crippen molar-refractivity contribution in [2.75, 3.05) is 50.9 Å². The molecule has 5 rings (SSSR count). The lowest BCUT2D eigenvalue weighted by Gasteiger charge is -2.20. The number of nitrogens with zero attached hydrogens (tertiary/aromatic N) is 5. The molecule has 0 amide bonds. The summed E-state index contributed by atoms with van der Waals surface area (Å²) >= 11 is 0. The van der Waals surface area contributed by atoms with Gasteiger partial charge in [0.05, 0.1) is 19.9 Å². The number of ether oxygens (including phenoxy) is 1. The summed E-state index contributed by atoms with van der Waals surface area (Å²) in [6, 6.07) is 6.58. The van der Waals surface area contributed by atoms with Gasteiger partial charge in [0, 0.05) is 37.8 Å². The molecule has 4 heterocycles. The van der Waals surface area contributed by atoms with Crippen LogP contribution in [-0.4, -0.2) is 75.7 Å². The Balaban J connectivity index is 1.37. The Kier molecular flexibility index (Phi) is 7.54. The predicted octanol–water partition coefficient (Wildman–Crippen LogP) is 2.08. The van der Waals surface area contributed by atoms with Crippen molar-refractivity contribution >= 4 is 22.8 Å². The summed E-state index contributed by atoms with van der Waals surface area (Å²) in [5.41, 5.74) is 9.78. The maximum atomic E-state index is 9.50. The van der Waals surface area contributed by atoms with E-state index in [1.165, 1.54) is 5.56 Å². The third kappa shape index (κ3) is 5.25. The Morgan fingerprint density at radius 1 is 1.19 bits per heavy atom. The van der Waals surface area contributed by atoms with E-state index in [-0.39, 0.29) is 18.6 Å². The number of nitrogen functional groups attached to an aromatic ring is 1. The van der Waals surface area contributed by atoms with Crippen LogP contribution >= 0.6 is 0 Å². The fourth-order valence-corrected chi connectivity index (χ4v) is 5.74. The first kappa shape index (κ1) is 24.7. The van der Waals surface area contributed by atoms with Crippen molar-refractivity contribution in [2.45, 2.75) is 45.3 Å². The third-order valence-electron chi connectivity index (χ3n) is 7.50. The number of aliphatic hydroxyl groups is 1. The topological polar surface area (TPSA) is 126 Å². The highest BCUT2D eigenvalue weighted by Gasteiger charge is 2.35. The van der Waals surface area contributed by atoms with Gasteiger partial charge in [0.1, 0.15) is 16.8 Å². The number of fused-ring (bicyclic) bond motifs is 2. The molecule has 10 heteroatoms. The Labute approximate surface area is 212 Å². The predicted molar refractivity (Wildman–Crippen MR) is 141 cm³/mol. The molecular formula is C26H38N8O2. The Morgan fingerprint density at radius 2 is 2.00 bits per heavy atom. The van der Waals surface area contributed by atoms with Crippen molar-refractivity contribution in [2.24, 2.45) is 11.8 Å². The highest BCUT2D eigenvalue weighted by Crippen LogP contribution is 2.30. The van der Waals surface area contributed by atoms with Gasteiger partial charge in [-0.05, 0) is 49.4 Å². The number of hydrogen-bond acceptors (Lipinski definition) is 9. The lowest BCUT2D eigenvalue weighted by Crippen LogP contribution is -2.25. The van der Waals surface area contributed by atoms with Crippen LogP contribution in [-0.2, 0) is 13.1 Å². The smallest absolute Gasteiger partial charge is 0.222 e. The molecule has 0 radical (unpaired) electrons. The summed E-state index contributed by atoms with van der Waals surface area (Å²) in [5.74, 6) is 3.27. The molecule has 1 aromatic carbocycles. The van der Waals surface area contributed by atoms with Gasteiger partial charge in [-0.2, -0.15) is 10.1 Å². The average Bonchev–Trinajstić information content (AvgIpc) is 3.56. The van der Waals surface area contributed by atoms with Gasteiger partial charge >= 0.3 is 0 Å². The maximum Gasteiger partial charge on any atom is 0.222 e. The number of nitrogens with one attached hydrogen (secondary N) is 2. The summed E-state index contributed by atoms with van der Waals surface area (Å²) in [6.45, 7) is 8.32. The van der Waals surface area contributed by atoms with Gasteiger partial charge in [-0.1, -0.05) is 25.5 Å². The minimum atomic E-state index is 0.0931. The highest BCUT2D eigenvalue weighted by atomic mass is 16.5. The minimum Gasteiger partial charge on any atom is -0.496 e. The first-order chi connectivity index (χ1) is 17.6. The number of likely N-dealkylation sites (tertiary alicyclic amines) is 1. The fraction of sp³-hybridized carbons (Fsp3) is 0.577. The molecule has 2 aliphatic rings. The van der Waals surface area contributed by atoms with Crippen molar-refractivity contribution < 1.29 is 9.84 Å². The van der Waals surface area contributed by atoms with Crippen LogP contribution in [0.3, 0.4) is 0 Å². The summed E-state index contributed by atoms with van der Waals surface area (Å²) in [4.78, 5) is 11.4. The standard InChI is InChI=1S/C26H38N8O2/c1-3-4-21(7-8-35)30-25-24-22(31-26(27)32-25)12-29-34(24)16-18-6-5-17(9-23(18)36-2)13-33-14-19-10-28-11-20(19)15-33/h5-6,9,12,19-21,28,35H,3-4,7-8,10-11,13-16H2,1-2H3,(H3,27,30,31,32)/t19?,20?,21-/m0/s1. The summed E-state index contributed by atoms with van der Waals surface area (Å²) in [5, 5.41) is 21.1. The van der Waals surface area contributed by atoms with Gasteiger partial charge in [-0.15, -0.1) is 0 Å². The number of anilines is 2. The van der Waals surface area contributed by atoms with Gasteiger partial charge in [0.2, 0.25) is 5.95 Å². The van der Waals surface area contributed by atoms with Gasteiger partial charge in [0.25, 0.3) is 0 Å². The van der Waals surface area contributed by atoms with E-state index < -0.39 is 0 Å². The number of hydrogen-bond donors (Lipinski definition) is 4. The van der Waals surface area contributed by atoms with Crippen LogP contribution in [0.5, 0.6) is 5.75 Å². The van der Waals surface area contributed by atoms with E-state index in [0.717, 1.165) is 74.2 Å². The molecule has 2 fully saturated rings. The van der Waals surface area contributed by atoms with E-state index in [1.54, 1.807) is 13.3 Å². The average molecular weight is 495 g/mol. The van der Waals surface area contributed by atoms with Crippen molar-refractivity contribution in [1.82, 2.24) is 30.0 Å². The number of methoxy groups -OCH3 is 1. The van der Waals surface area contributed by atoms with Crippen LogP contribution in [0.2, 0.25) is 0 Å². The SMILES string of the molecule is CCC[C@@H](CCO)Nc1nc(N)nc2cnn(Cc3ccc(CN4CC5CNCC5C4)cc3OC)c12. The largest absolute Gasteiger partial charge is 0.496 e. The molecule has 3 aromatic rings. The van der Waals surface area contributed by atoms with E-state index in [0.29, 0.717) is 24.3 Å². The molecule has 0 aliphatic carbocycles. The molecule has 10 nitrogen and oxygen atoms in total. The number of rotatable bonds is 11. The Hall–Kier alpha value is -2.95. The second-order valence-corrected chi connectivity index (χ2v) is 10.1. The molecular weight excluding hydrogens is 456 g/mol. The molecule has 2 aromatic heterocycles. The second-order valence-electron chi connectivity index (χ2n) is 10.1. The number of benzene rings is 1. The van der Waals surface area contributed by atoms with Crippen molar-refractivity contribution in [3.05, 3.63) is 35.5 Å². The number of nitrogens with two attached hydrogens (primary N) is 1. The maximum absolute atomic E-state index is 9.50. The quantitative estimate of drug-likeness (QED) is 0.317. The second kappa shape index (κ2) is 11.0. The van der Waals surface area contributed by atoms with Crippen molar-refractivity contribution in [3.8, 4) is 5.75 Å². The molecule has 2 aliphatic heterocycles. The molecule has 3 atom stereocenters. The summed E-state index contributed by atoms with van der Waals surface area (Å²) in [7, 11) is 1.72. The van der Waals surface area contributed by atoms with E-state index in [2.05, 4.69) is 55.7 Å². The van der Waals surface area contributed by atoms with E-state index in [9.17, 15) is 5.11 Å². The van der Waals surface area contributed by atoms with Gasteiger partial charge in [-0.25, -0.2) is 4.98 Å². The molecule has 2 unspecified atom stereocenters. The van der Waals surface area contributed by atoms with Crippen LogP contribution in [0.25, 0.3) is 11.0 Å². The minimum absolute atomic E-state index is 0.0931.